The SMILES string of the molecule is CCOP(=O)(Oc1ccccc1I)Oc1ccccc1I. The van der Waals surface area contributed by atoms with Crippen molar-refractivity contribution in [3.8, 4) is 11.5 Å². The maximum Gasteiger partial charge on any atom is 0.587 e. The van der Waals surface area contributed by atoms with Crippen LogP contribution in [0, 0.1) is 7.14 Å². The summed E-state index contributed by atoms with van der Waals surface area (Å²) in [6, 6.07) is 14.5. The maximum absolute atomic E-state index is 12.8. The summed E-state index contributed by atoms with van der Waals surface area (Å²) in [4.78, 5) is 0. The van der Waals surface area contributed by atoms with Gasteiger partial charge in [0.05, 0.1) is 13.7 Å². The van der Waals surface area contributed by atoms with E-state index >= 15 is 0 Å². The summed E-state index contributed by atoms with van der Waals surface area (Å²) < 4.78 is 30.8. The first kappa shape index (κ1) is 17.1. The summed E-state index contributed by atoms with van der Waals surface area (Å²) in [6.07, 6.45) is 0. The van der Waals surface area contributed by atoms with Crippen LogP contribution in [0.4, 0.5) is 0 Å². The van der Waals surface area contributed by atoms with E-state index in [1.165, 1.54) is 0 Å². The quantitative estimate of drug-likeness (QED) is 0.366. The van der Waals surface area contributed by atoms with E-state index in [1.807, 2.05) is 24.3 Å². The van der Waals surface area contributed by atoms with Crippen LogP contribution in [0.3, 0.4) is 0 Å². The zero-order valence-corrected chi connectivity index (χ0v) is 16.4. The third-order valence-corrected chi connectivity index (χ3v) is 5.58. The summed E-state index contributed by atoms with van der Waals surface area (Å²) in [5.74, 6) is 0.946. The third-order valence-electron chi connectivity index (χ3n) is 2.38. The van der Waals surface area contributed by atoms with Crippen LogP contribution in [-0.4, -0.2) is 6.61 Å². The molecule has 2 rings (SSSR count). The first-order chi connectivity index (χ1) is 10.0. The molecule has 7 heteroatoms. The number of para-hydroxylation sites is 2. The van der Waals surface area contributed by atoms with Crippen LogP contribution < -0.4 is 9.05 Å². The Morgan fingerprint density at radius 1 is 0.905 bits per heavy atom. The minimum Gasteiger partial charge on any atom is -0.394 e. The highest BCUT2D eigenvalue weighted by Gasteiger charge is 2.31. The molecule has 0 spiro atoms. The van der Waals surface area contributed by atoms with Gasteiger partial charge in [-0.25, -0.2) is 4.57 Å². The van der Waals surface area contributed by atoms with Gasteiger partial charge in [-0.2, -0.15) is 0 Å². The van der Waals surface area contributed by atoms with E-state index in [4.69, 9.17) is 13.6 Å². The molecule has 112 valence electrons. The molecular formula is C14H13I2O4P. The molecule has 0 bridgehead atoms. The standard InChI is InChI=1S/C14H13I2O4P/c1-2-18-21(17,19-13-9-5-3-7-11(13)15)20-14-10-6-4-8-12(14)16/h3-10H,2H2,1H3. The normalized spacial score (nSPS) is 11.2. The number of benzene rings is 2. The molecule has 0 aliphatic heterocycles. The van der Waals surface area contributed by atoms with Crippen molar-refractivity contribution in [3.63, 3.8) is 0 Å². The van der Waals surface area contributed by atoms with Gasteiger partial charge in [0.1, 0.15) is 11.5 Å². The van der Waals surface area contributed by atoms with Crippen molar-refractivity contribution in [1.29, 1.82) is 0 Å². The Hall–Kier alpha value is -0.310. The van der Waals surface area contributed by atoms with Crippen molar-refractivity contribution < 1.29 is 18.1 Å². The van der Waals surface area contributed by atoms with Gasteiger partial charge < -0.3 is 9.05 Å². The summed E-state index contributed by atoms with van der Waals surface area (Å²) in [7, 11) is -3.73. The highest BCUT2D eigenvalue weighted by molar-refractivity contribution is 14.1. The summed E-state index contributed by atoms with van der Waals surface area (Å²) >= 11 is 4.22. The van der Waals surface area contributed by atoms with E-state index in [1.54, 1.807) is 31.2 Å². The Morgan fingerprint density at radius 2 is 1.33 bits per heavy atom. The predicted molar refractivity (Wildman–Crippen MR) is 98.8 cm³/mol. The molecule has 0 N–H and O–H groups in total. The van der Waals surface area contributed by atoms with Gasteiger partial charge in [0, 0.05) is 0 Å². The van der Waals surface area contributed by atoms with Crippen molar-refractivity contribution in [2.45, 2.75) is 6.92 Å². The average Bonchev–Trinajstić information content (AvgIpc) is 2.44. The van der Waals surface area contributed by atoms with Gasteiger partial charge in [0.25, 0.3) is 0 Å². The molecule has 2 aromatic rings. The van der Waals surface area contributed by atoms with Crippen LogP contribution in [0.2, 0.25) is 0 Å². The molecule has 0 aromatic heterocycles. The fraction of sp³-hybridized carbons (Fsp3) is 0.143. The predicted octanol–water partition coefficient (Wildman–Crippen LogP) is 5.50. The lowest BCUT2D eigenvalue weighted by atomic mass is 10.3. The smallest absolute Gasteiger partial charge is 0.394 e. The lowest BCUT2D eigenvalue weighted by Gasteiger charge is -2.19. The Labute approximate surface area is 151 Å². The van der Waals surface area contributed by atoms with Gasteiger partial charge in [-0.15, -0.1) is 0 Å². The molecule has 0 fully saturated rings. The van der Waals surface area contributed by atoms with Crippen LogP contribution >= 0.6 is 53.0 Å². The summed E-state index contributed by atoms with van der Waals surface area (Å²) in [5, 5.41) is 0. The third kappa shape index (κ3) is 4.84. The van der Waals surface area contributed by atoms with Gasteiger partial charge in [-0.3, -0.25) is 4.52 Å². The molecule has 0 unspecified atom stereocenters. The zero-order chi connectivity index (χ0) is 15.3. The molecule has 0 amide bonds. The lowest BCUT2D eigenvalue weighted by Crippen LogP contribution is -2.06. The Balaban J connectivity index is 2.27. The van der Waals surface area contributed by atoms with Crippen molar-refractivity contribution in [2.24, 2.45) is 0 Å². The lowest BCUT2D eigenvalue weighted by molar-refractivity contribution is 0.219. The highest BCUT2D eigenvalue weighted by atomic mass is 127. The molecular weight excluding hydrogens is 517 g/mol. The largest absolute Gasteiger partial charge is 0.587 e. The van der Waals surface area contributed by atoms with Crippen LogP contribution in [0.25, 0.3) is 0 Å². The number of rotatable bonds is 6. The van der Waals surface area contributed by atoms with E-state index in [0.717, 1.165) is 7.14 Å². The van der Waals surface area contributed by atoms with E-state index in [2.05, 4.69) is 45.2 Å². The molecule has 0 aliphatic carbocycles. The second kappa shape index (κ2) is 7.80. The molecule has 0 heterocycles. The molecule has 0 aliphatic rings. The van der Waals surface area contributed by atoms with Crippen LogP contribution in [0.15, 0.2) is 48.5 Å². The minimum atomic E-state index is -3.73. The minimum absolute atomic E-state index is 0.226. The van der Waals surface area contributed by atoms with Crippen LogP contribution in [0.1, 0.15) is 6.92 Å². The van der Waals surface area contributed by atoms with Gasteiger partial charge in [-0.1, -0.05) is 24.3 Å². The molecule has 0 saturated carbocycles. The van der Waals surface area contributed by atoms with Gasteiger partial charge in [0.2, 0.25) is 0 Å². The fourth-order valence-corrected chi connectivity index (χ4v) is 4.11. The van der Waals surface area contributed by atoms with Crippen molar-refractivity contribution in [2.75, 3.05) is 6.61 Å². The maximum atomic E-state index is 12.8. The molecule has 0 atom stereocenters. The number of hydrogen-bond donors (Lipinski definition) is 0. The summed E-state index contributed by atoms with van der Waals surface area (Å²) in [6.45, 7) is 1.97. The number of phosphoric ester groups is 1. The van der Waals surface area contributed by atoms with Gasteiger partial charge >= 0.3 is 7.82 Å². The topological polar surface area (TPSA) is 44.8 Å². The zero-order valence-electron chi connectivity index (χ0n) is 11.2. The fourth-order valence-electron chi connectivity index (χ4n) is 1.51. The summed E-state index contributed by atoms with van der Waals surface area (Å²) in [5.41, 5.74) is 0. The number of hydrogen-bond acceptors (Lipinski definition) is 4. The van der Waals surface area contributed by atoms with Crippen LogP contribution in [0.5, 0.6) is 11.5 Å². The Kier molecular flexibility index (Phi) is 6.34. The molecule has 0 radical (unpaired) electrons. The Morgan fingerprint density at radius 3 is 1.71 bits per heavy atom. The van der Waals surface area contributed by atoms with E-state index in [-0.39, 0.29) is 6.61 Å². The van der Waals surface area contributed by atoms with Crippen molar-refractivity contribution in [1.82, 2.24) is 0 Å². The van der Waals surface area contributed by atoms with Gasteiger partial charge in [0.15, 0.2) is 0 Å². The van der Waals surface area contributed by atoms with Crippen molar-refractivity contribution >= 4 is 53.0 Å². The first-order valence-corrected chi connectivity index (χ1v) is 9.79. The molecule has 4 nitrogen and oxygen atoms in total. The molecule has 2 aromatic carbocycles. The molecule has 21 heavy (non-hydrogen) atoms. The van der Waals surface area contributed by atoms with Crippen LogP contribution in [-0.2, 0) is 9.09 Å². The van der Waals surface area contributed by atoms with Crippen molar-refractivity contribution in [3.05, 3.63) is 55.7 Å². The second-order valence-corrected chi connectivity index (χ2v) is 7.75. The Bertz CT molecular complexity index is 611. The monoisotopic (exact) mass is 530 g/mol. The van der Waals surface area contributed by atoms with E-state index in [0.29, 0.717) is 11.5 Å². The first-order valence-electron chi connectivity index (χ1n) is 6.17. The number of phosphoric acid groups is 1. The number of halogens is 2. The average molecular weight is 530 g/mol. The molecule has 0 saturated heterocycles. The van der Waals surface area contributed by atoms with E-state index in [9.17, 15) is 4.57 Å². The van der Waals surface area contributed by atoms with E-state index < -0.39 is 7.82 Å². The van der Waals surface area contributed by atoms with Gasteiger partial charge in [-0.05, 0) is 76.4 Å². The highest BCUT2D eigenvalue weighted by Crippen LogP contribution is 2.50. The second-order valence-electron chi connectivity index (χ2n) is 3.91.